The largest absolute Gasteiger partial charge is 0.478 e. The molecule has 2 amide bonds. The zero-order chi connectivity index (χ0) is 30.3. The Bertz CT molecular complexity index is 1450. The molecule has 1 atom stereocenters. The van der Waals surface area contributed by atoms with Gasteiger partial charge in [-0.2, -0.15) is 0 Å². The molecule has 1 heterocycles. The highest BCUT2D eigenvalue weighted by Crippen LogP contribution is 2.30. The van der Waals surface area contributed by atoms with Crippen molar-refractivity contribution in [3.8, 4) is 17.0 Å². The lowest BCUT2D eigenvalue weighted by Crippen LogP contribution is -2.44. The number of aromatic nitrogens is 1. The third kappa shape index (κ3) is 7.67. The number of carbonyl (C=O) groups is 3. The number of pyridine rings is 1. The predicted molar refractivity (Wildman–Crippen MR) is 158 cm³/mol. The van der Waals surface area contributed by atoms with Crippen LogP contribution in [0.2, 0.25) is 0 Å². The molecule has 0 saturated carbocycles. The molecule has 11 nitrogen and oxygen atoms in total. The molecule has 3 rings (SSSR count). The number of benzene rings is 2. The average molecular weight is 561 g/mol. The minimum Gasteiger partial charge on any atom is -0.478 e. The van der Waals surface area contributed by atoms with Gasteiger partial charge in [0.1, 0.15) is 11.5 Å². The first-order valence-corrected chi connectivity index (χ1v) is 13.1. The summed E-state index contributed by atoms with van der Waals surface area (Å²) in [5, 5.41) is 23.3. The number of ether oxygens (including phenoxy) is 1. The number of rotatable bonds is 11. The normalized spacial score (nSPS) is 11.8. The number of hydrogen-bond acceptors (Lipinski definition) is 7. The van der Waals surface area contributed by atoms with Crippen molar-refractivity contribution in [1.29, 1.82) is 5.41 Å². The lowest BCUT2D eigenvalue weighted by atomic mass is 9.84. The predicted octanol–water partition coefficient (Wildman–Crippen LogP) is 3.88. The lowest BCUT2D eigenvalue weighted by Gasteiger charge is -2.31. The van der Waals surface area contributed by atoms with Gasteiger partial charge in [-0.15, -0.1) is 0 Å². The fourth-order valence-electron chi connectivity index (χ4n) is 4.21. The summed E-state index contributed by atoms with van der Waals surface area (Å²) in [5.41, 5.74) is 12.3. The number of nitrogens with one attached hydrogen (secondary N) is 3. The Labute approximate surface area is 238 Å². The Morgan fingerprint density at radius 3 is 2.20 bits per heavy atom. The van der Waals surface area contributed by atoms with Crippen molar-refractivity contribution in [1.82, 2.24) is 10.3 Å². The van der Waals surface area contributed by atoms with Crippen LogP contribution in [0.5, 0.6) is 5.88 Å². The number of amides is 2. The minimum absolute atomic E-state index is 0.0676. The smallest absolute Gasteiger partial charge is 0.336 e. The van der Waals surface area contributed by atoms with Gasteiger partial charge in [-0.25, -0.2) is 9.78 Å². The third-order valence-electron chi connectivity index (χ3n) is 6.44. The van der Waals surface area contributed by atoms with Crippen molar-refractivity contribution in [3.63, 3.8) is 0 Å². The fourth-order valence-corrected chi connectivity index (χ4v) is 4.21. The van der Waals surface area contributed by atoms with E-state index >= 15 is 0 Å². The number of aromatic carboxylic acids is 1. The number of carboxylic acid groups (broad SMARTS) is 1. The van der Waals surface area contributed by atoms with E-state index in [1.165, 1.54) is 18.2 Å². The molecular formula is C30H36N6O5. The van der Waals surface area contributed by atoms with Crippen LogP contribution < -0.4 is 26.8 Å². The number of anilines is 1. The molecule has 1 aromatic heterocycles. The number of nitrogens with zero attached hydrogens (tertiary/aromatic N) is 1. The summed E-state index contributed by atoms with van der Waals surface area (Å²) in [6.07, 6.45) is 0.562. The number of nitrogen functional groups attached to an aromatic ring is 1. The first-order valence-electron chi connectivity index (χ1n) is 13.1. The summed E-state index contributed by atoms with van der Waals surface area (Å²) in [6, 6.07) is 13.5. The minimum atomic E-state index is -1.27. The molecule has 2 aromatic carbocycles. The second-order valence-electron chi connectivity index (χ2n) is 10.5. The van der Waals surface area contributed by atoms with Crippen LogP contribution in [-0.4, -0.2) is 52.9 Å². The van der Waals surface area contributed by atoms with Gasteiger partial charge in [-0.1, -0.05) is 26.8 Å². The van der Waals surface area contributed by atoms with Gasteiger partial charge in [-0.3, -0.25) is 15.0 Å². The van der Waals surface area contributed by atoms with Crippen molar-refractivity contribution in [3.05, 3.63) is 77.0 Å². The fraction of sp³-hybridized carbons (Fsp3) is 0.300. The number of nitrogens with two attached hydrogens (primary N) is 2. The molecule has 3 aromatic rings. The summed E-state index contributed by atoms with van der Waals surface area (Å²) in [4.78, 5) is 43.2. The molecule has 11 heteroatoms. The molecular weight excluding hydrogens is 524 g/mol. The van der Waals surface area contributed by atoms with Crippen LogP contribution in [-0.2, 0) is 0 Å². The highest BCUT2D eigenvalue weighted by Gasteiger charge is 2.27. The maximum Gasteiger partial charge on any atom is 0.336 e. The van der Waals surface area contributed by atoms with Crippen molar-refractivity contribution in [2.75, 3.05) is 18.5 Å². The third-order valence-corrected chi connectivity index (χ3v) is 6.44. The van der Waals surface area contributed by atoms with Gasteiger partial charge < -0.3 is 31.9 Å². The average Bonchev–Trinajstić information content (AvgIpc) is 2.92. The van der Waals surface area contributed by atoms with Crippen molar-refractivity contribution in [2.24, 2.45) is 16.9 Å². The lowest BCUT2D eigenvalue weighted by molar-refractivity contribution is 0.0697. The Hall–Kier alpha value is -4.77. The van der Waals surface area contributed by atoms with Gasteiger partial charge in [0.2, 0.25) is 5.88 Å². The van der Waals surface area contributed by atoms with E-state index in [0.29, 0.717) is 30.8 Å². The van der Waals surface area contributed by atoms with E-state index in [0.717, 1.165) is 0 Å². The Morgan fingerprint density at radius 1 is 1.00 bits per heavy atom. The molecule has 0 radical (unpaired) electrons. The Kier molecular flexibility index (Phi) is 9.80. The highest BCUT2D eigenvalue weighted by atomic mass is 16.5. The van der Waals surface area contributed by atoms with Crippen molar-refractivity contribution in [2.45, 2.75) is 40.2 Å². The van der Waals surface area contributed by atoms with Crippen LogP contribution in [0.25, 0.3) is 11.1 Å². The van der Waals surface area contributed by atoms with Crippen LogP contribution in [0.1, 0.15) is 70.9 Å². The monoisotopic (exact) mass is 560 g/mol. The molecule has 0 fully saturated rings. The summed E-state index contributed by atoms with van der Waals surface area (Å²) >= 11 is 0. The molecule has 0 aliphatic carbocycles. The van der Waals surface area contributed by atoms with Crippen LogP contribution in [0, 0.1) is 10.8 Å². The van der Waals surface area contributed by atoms with E-state index in [9.17, 15) is 19.5 Å². The van der Waals surface area contributed by atoms with Gasteiger partial charge in [0.05, 0.1) is 12.2 Å². The van der Waals surface area contributed by atoms with Crippen molar-refractivity contribution < 1.29 is 24.2 Å². The maximum absolute atomic E-state index is 13.4. The van der Waals surface area contributed by atoms with Gasteiger partial charge in [0.25, 0.3) is 11.8 Å². The van der Waals surface area contributed by atoms with E-state index in [2.05, 4.69) is 15.6 Å². The molecule has 8 N–H and O–H groups in total. The zero-order valence-corrected chi connectivity index (χ0v) is 23.6. The van der Waals surface area contributed by atoms with Gasteiger partial charge in [0, 0.05) is 34.5 Å². The summed E-state index contributed by atoms with van der Waals surface area (Å²) in [7, 11) is 0. The molecule has 0 aliphatic heterocycles. The summed E-state index contributed by atoms with van der Waals surface area (Å²) in [5.74, 6) is -2.23. The number of hydrogen-bond donors (Lipinski definition) is 6. The molecule has 0 unspecified atom stereocenters. The molecule has 0 spiro atoms. The van der Waals surface area contributed by atoms with Crippen molar-refractivity contribution >= 4 is 29.3 Å². The first kappa shape index (κ1) is 30.8. The van der Waals surface area contributed by atoms with E-state index in [1.807, 2.05) is 20.8 Å². The van der Waals surface area contributed by atoms with Crippen LogP contribution in [0.3, 0.4) is 0 Å². The molecule has 0 saturated heterocycles. The second-order valence-corrected chi connectivity index (χ2v) is 10.5. The number of carboxylic acids is 1. The highest BCUT2D eigenvalue weighted by molar-refractivity contribution is 6.10. The van der Waals surface area contributed by atoms with Gasteiger partial charge >= 0.3 is 5.97 Å². The van der Waals surface area contributed by atoms with Crippen LogP contribution in [0.15, 0.2) is 54.6 Å². The molecule has 0 bridgehead atoms. The van der Waals surface area contributed by atoms with E-state index in [1.54, 1.807) is 43.3 Å². The van der Waals surface area contributed by atoms with E-state index in [4.69, 9.17) is 21.6 Å². The Balaban J connectivity index is 2.03. The quantitative estimate of drug-likeness (QED) is 0.150. The topological polar surface area (TPSA) is 194 Å². The van der Waals surface area contributed by atoms with Crippen LogP contribution in [0.4, 0.5) is 5.69 Å². The standard InChI is InChI=1S/C30H36N6O5/c1-5-41-24-13-12-21(25(36-24)28(38)34-19-9-6-17(7-10-19)26(32)33)20-11-8-18(16-22(20)29(39)40)27(37)35-23(14-15-31)30(2,3)4/h6-13,16,23H,5,14-15,31H2,1-4H3,(H3,32,33)(H,34,38)(H,35,37)(H,39,40)/t23-/m1/s1. The summed E-state index contributed by atoms with van der Waals surface area (Å²) < 4.78 is 5.49. The molecule has 0 aliphatic rings. The van der Waals surface area contributed by atoms with E-state index < -0.39 is 17.8 Å². The molecule has 216 valence electrons. The zero-order valence-electron chi connectivity index (χ0n) is 23.6. The van der Waals surface area contributed by atoms with Gasteiger partial charge in [-0.05, 0) is 73.3 Å². The number of carbonyl (C=O) groups excluding carboxylic acids is 2. The summed E-state index contributed by atoms with van der Waals surface area (Å²) in [6.45, 7) is 8.44. The van der Waals surface area contributed by atoms with Gasteiger partial charge in [0.15, 0.2) is 0 Å². The number of amidine groups is 1. The first-order chi connectivity index (χ1) is 19.3. The van der Waals surface area contributed by atoms with Crippen LogP contribution >= 0.6 is 0 Å². The maximum atomic E-state index is 13.4. The second kappa shape index (κ2) is 13.1. The Morgan fingerprint density at radius 2 is 1.63 bits per heavy atom. The SMILES string of the molecule is CCOc1ccc(-c2ccc(C(=O)N[C@H](CCN)C(C)(C)C)cc2C(=O)O)c(C(=O)Nc2ccc(C(=N)N)cc2)n1. The molecule has 41 heavy (non-hydrogen) atoms. The van der Waals surface area contributed by atoms with E-state index in [-0.39, 0.29) is 51.1 Å².